The molecule has 0 fully saturated rings. The molecule has 25 heavy (non-hydrogen) atoms. The van der Waals surface area contributed by atoms with Crippen molar-refractivity contribution < 1.29 is 0 Å². The van der Waals surface area contributed by atoms with E-state index >= 15 is 0 Å². The summed E-state index contributed by atoms with van der Waals surface area (Å²) in [7, 11) is 0. The highest BCUT2D eigenvalue weighted by Gasteiger charge is 2.17. The molecular weight excluding hydrogens is 381 g/mol. The Labute approximate surface area is 161 Å². The lowest BCUT2D eigenvalue weighted by atomic mass is 9.99. The van der Waals surface area contributed by atoms with Gasteiger partial charge in [0.1, 0.15) is 5.82 Å². The molecule has 1 aromatic carbocycles. The number of anilines is 2. The molecule has 0 aliphatic rings. The van der Waals surface area contributed by atoms with Gasteiger partial charge >= 0.3 is 0 Å². The predicted molar refractivity (Wildman–Crippen MR) is 104 cm³/mol. The number of hydrogen-bond donors (Lipinski definition) is 1. The van der Waals surface area contributed by atoms with Gasteiger partial charge in [0.05, 0.1) is 21.9 Å². The third kappa shape index (κ3) is 3.68. The van der Waals surface area contributed by atoms with Gasteiger partial charge in [-0.15, -0.1) is 0 Å². The summed E-state index contributed by atoms with van der Waals surface area (Å²) in [5.74, 6) is 1.51. The van der Waals surface area contributed by atoms with Crippen molar-refractivity contribution in [2.75, 3.05) is 5.32 Å². The zero-order valence-corrected chi connectivity index (χ0v) is 16.4. The topological polar surface area (TPSA) is 55.1 Å². The van der Waals surface area contributed by atoms with E-state index in [9.17, 15) is 0 Å². The molecule has 0 aliphatic heterocycles. The lowest BCUT2D eigenvalue weighted by Crippen LogP contribution is -2.07. The van der Waals surface area contributed by atoms with Gasteiger partial charge in [-0.3, -0.25) is 0 Å². The Bertz CT molecular complexity index is 899. The van der Waals surface area contributed by atoms with Crippen LogP contribution >= 0.6 is 34.8 Å². The van der Waals surface area contributed by atoms with Gasteiger partial charge in [-0.1, -0.05) is 55.1 Å². The van der Waals surface area contributed by atoms with Crippen LogP contribution in [0.25, 0.3) is 5.65 Å². The van der Waals surface area contributed by atoms with Crippen LogP contribution in [0.3, 0.4) is 0 Å². The van der Waals surface area contributed by atoms with Crippen LogP contribution in [0.2, 0.25) is 15.1 Å². The molecule has 1 atom stereocenters. The molecule has 1 N–H and O–H groups in total. The molecule has 132 valence electrons. The standard InChI is InChI=1S/C17H18Cl3N5/c1-4-5-9(2)12-8-21-25-16(12)22-10(3)23-17(25)24-15-13(19)6-11(18)7-14(15)20/h6-9H,4-5H2,1-3H3,(H,22,23,24). The van der Waals surface area contributed by atoms with Crippen molar-refractivity contribution in [3.63, 3.8) is 0 Å². The van der Waals surface area contributed by atoms with Gasteiger partial charge in [-0.2, -0.15) is 14.6 Å². The Kier molecular flexibility index (Phi) is 5.37. The van der Waals surface area contributed by atoms with Crippen molar-refractivity contribution in [1.82, 2.24) is 19.6 Å². The molecule has 0 bridgehead atoms. The second-order valence-electron chi connectivity index (χ2n) is 5.99. The lowest BCUT2D eigenvalue weighted by molar-refractivity contribution is 0.667. The van der Waals surface area contributed by atoms with Crippen molar-refractivity contribution in [3.8, 4) is 0 Å². The van der Waals surface area contributed by atoms with E-state index in [1.165, 1.54) is 0 Å². The summed E-state index contributed by atoms with van der Waals surface area (Å²) in [6, 6.07) is 3.25. The van der Waals surface area contributed by atoms with E-state index in [1.807, 2.05) is 13.1 Å². The number of aryl methyl sites for hydroxylation is 1. The third-order valence-corrected chi connectivity index (χ3v) is 4.82. The summed E-state index contributed by atoms with van der Waals surface area (Å²) in [4.78, 5) is 9.01. The van der Waals surface area contributed by atoms with Crippen LogP contribution in [-0.4, -0.2) is 19.6 Å². The fourth-order valence-electron chi connectivity index (χ4n) is 2.79. The van der Waals surface area contributed by atoms with Gasteiger partial charge < -0.3 is 5.32 Å². The first-order chi connectivity index (χ1) is 11.9. The quantitative estimate of drug-likeness (QED) is 0.569. The Hall–Kier alpha value is -1.56. The van der Waals surface area contributed by atoms with Crippen molar-refractivity contribution in [3.05, 3.63) is 44.8 Å². The molecule has 5 nitrogen and oxygen atoms in total. The molecule has 2 aromatic heterocycles. The van der Waals surface area contributed by atoms with Crippen molar-refractivity contribution >= 4 is 52.1 Å². The van der Waals surface area contributed by atoms with E-state index < -0.39 is 0 Å². The molecule has 1 unspecified atom stereocenters. The van der Waals surface area contributed by atoms with E-state index in [0.717, 1.165) is 24.1 Å². The number of benzene rings is 1. The Morgan fingerprint density at radius 3 is 2.48 bits per heavy atom. The normalized spacial score (nSPS) is 12.6. The van der Waals surface area contributed by atoms with Crippen LogP contribution in [0.4, 0.5) is 11.6 Å². The minimum absolute atomic E-state index is 0.368. The fraction of sp³-hybridized carbons (Fsp3) is 0.353. The maximum Gasteiger partial charge on any atom is 0.232 e. The molecule has 0 radical (unpaired) electrons. The van der Waals surface area contributed by atoms with Crippen molar-refractivity contribution in [2.45, 2.75) is 39.5 Å². The van der Waals surface area contributed by atoms with E-state index in [2.05, 4.69) is 34.2 Å². The highest BCUT2D eigenvalue weighted by atomic mass is 35.5. The van der Waals surface area contributed by atoms with Crippen LogP contribution in [0.15, 0.2) is 18.3 Å². The molecule has 2 heterocycles. The van der Waals surface area contributed by atoms with Crippen LogP contribution in [-0.2, 0) is 0 Å². The molecule has 3 aromatic rings. The Balaban J connectivity index is 2.09. The molecule has 0 saturated heterocycles. The molecule has 8 heteroatoms. The zero-order chi connectivity index (χ0) is 18.1. The maximum atomic E-state index is 6.27. The summed E-state index contributed by atoms with van der Waals surface area (Å²) < 4.78 is 1.68. The number of rotatable bonds is 5. The van der Waals surface area contributed by atoms with Gasteiger partial charge in [0.15, 0.2) is 5.65 Å². The number of fused-ring (bicyclic) bond motifs is 1. The van der Waals surface area contributed by atoms with Crippen LogP contribution in [0.1, 0.15) is 44.0 Å². The Morgan fingerprint density at radius 1 is 1.16 bits per heavy atom. The van der Waals surface area contributed by atoms with Crippen LogP contribution in [0.5, 0.6) is 0 Å². The number of hydrogen-bond acceptors (Lipinski definition) is 4. The van der Waals surface area contributed by atoms with Crippen molar-refractivity contribution in [2.24, 2.45) is 0 Å². The van der Waals surface area contributed by atoms with Gasteiger partial charge in [0, 0.05) is 10.6 Å². The summed E-state index contributed by atoms with van der Waals surface area (Å²) in [6.07, 6.45) is 4.02. The largest absolute Gasteiger partial charge is 0.321 e. The van der Waals surface area contributed by atoms with E-state index in [1.54, 1.807) is 16.6 Å². The first kappa shape index (κ1) is 18.2. The predicted octanol–water partition coefficient (Wildman–Crippen LogP) is 6.04. The van der Waals surface area contributed by atoms with Gasteiger partial charge in [0.25, 0.3) is 0 Å². The van der Waals surface area contributed by atoms with Gasteiger partial charge in [-0.05, 0) is 31.4 Å². The smallest absolute Gasteiger partial charge is 0.232 e. The average Bonchev–Trinajstić information content (AvgIpc) is 2.94. The van der Waals surface area contributed by atoms with Gasteiger partial charge in [-0.25, -0.2) is 4.98 Å². The number of aromatic nitrogens is 4. The monoisotopic (exact) mass is 397 g/mol. The minimum atomic E-state index is 0.368. The SMILES string of the molecule is CCCC(C)c1cnn2c(Nc3c(Cl)cc(Cl)cc3Cl)nc(C)nc12. The van der Waals surface area contributed by atoms with E-state index in [4.69, 9.17) is 34.8 Å². The highest BCUT2D eigenvalue weighted by molar-refractivity contribution is 6.41. The molecule has 0 amide bonds. The molecule has 0 aliphatic carbocycles. The number of nitrogens with zero attached hydrogens (tertiary/aromatic N) is 4. The molecular formula is C17H18Cl3N5. The van der Waals surface area contributed by atoms with Crippen molar-refractivity contribution in [1.29, 1.82) is 0 Å². The Morgan fingerprint density at radius 2 is 1.84 bits per heavy atom. The van der Waals surface area contributed by atoms with E-state index in [-0.39, 0.29) is 0 Å². The molecule has 0 saturated carbocycles. The number of nitrogens with one attached hydrogen (secondary N) is 1. The minimum Gasteiger partial charge on any atom is -0.321 e. The van der Waals surface area contributed by atoms with Gasteiger partial charge in [0.2, 0.25) is 5.95 Å². The summed E-state index contributed by atoms with van der Waals surface area (Å²) >= 11 is 18.5. The maximum absolute atomic E-state index is 6.27. The summed E-state index contributed by atoms with van der Waals surface area (Å²) in [5, 5.41) is 8.91. The van der Waals surface area contributed by atoms with E-state index in [0.29, 0.717) is 38.4 Å². The first-order valence-corrected chi connectivity index (χ1v) is 9.18. The average molecular weight is 399 g/mol. The first-order valence-electron chi connectivity index (χ1n) is 8.04. The zero-order valence-electron chi connectivity index (χ0n) is 14.1. The number of halogens is 3. The van der Waals surface area contributed by atoms with Crippen LogP contribution < -0.4 is 5.32 Å². The summed E-state index contributed by atoms with van der Waals surface area (Å²) in [6.45, 7) is 6.19. The highest BCUT2D eigenvalue weighted by Crippen LogP contribution is 2.35. The molecule has 0 spiro atoms. The fourth-order valence-corrected chi connectivity index (χ4v) is 3.70. The third-order valence-electron chi connectivity index (χ3n) is 4.00. The second kappa shape index (κ2) is 7.36. The lowest BCUT2D eigenvalue weighted by Gasteiger charge is -2.13. The summed E-state index contributed by atoms with van der Waals surface area (Å²) in [5.41, 5.74) is 2.42. The van der Waals surface area contributed by atoms with Crippen LogP contribution in [0, 0.1) is 6.92 Å². The molecule has 3 rings (SSSR count). The second-order valence-corrected chi connectivity index (χ2v) is 7.24.